The first-order valence-electron chi connectivity index (χ1n) is 5.35. The Hall–Kier alpha value is -1.39. The third-order valence-electron chi connectivity index (χ3n) is 2.64. The first-order chi connectivity index (χ1) is 8.06. The van der Waals surface area contributed by atoms with Gasteiger partial charge in [0.2, 0.25) is 0 Å². The molecule has 0 saturated heterocycles. The van der Waals surface area contributed by atoms with Gasteiger partial charge in [0.15, 0.2) is 0 Å². The molecule has 1 unspecified atom stereocenters. The zero-order valence-electron chi connectivity index (χ0n) is 9.76. The molecule has 0 radical (unpaired) electrons. The van der Waals surface area contributed by atoms with E-state index >= 15 is 0 Å². The van der Waals surface area contributed by atoms with Crippen LogP contribution in [0, 0.1) is 6.92 Å². The van der Waals surface area contributed by atoms with Crippen molar-refractivity contribution in [1.82, 2.24) is 14.8 Å². The molecule has 2 aromatic heterocycles. The van der Waals surface area contributed by atoms with E-state index < -0.39 is 6.10 Å². The Balaban J connectivity index is 2.13. The molecule has 4 nitrogen and oxygen atoms in total. The number of halogens is 1. The number of aliphatic hydroxyl groups is 1. The van der Waals surface area contributed by atoms with Crippen molar-refractivity contribution in [3.05, 3.63) is 46.5 Å². The monoisotopic (exact) mass is 251 g/mol. The normalized spacial score (nSPS) is 12.7. The van der Waals surface area contributed by atoms with Crippen molar-refractivity contribution in [2.75, 3.05) is 0 Å². The number of aliphatic hydroxyl groups excluding tert-OH is 1. The van der Waals surface area contributed by atoms with Gasteiger partial charge in [0.25, 0.3) is 0 Å². The van der Waals surface area contributed by atoms with Gasteiger partial charge in [-0.2, -0.15) is 5.10 Å². The average Bonchev–Trinajstić information content (AvgIpc) is 2.58. The van der Waals surface area contributed by atoms with Gasteiger partial charge in [-0.3, -0.25) is 4.68 Å². The maximum absolute atomic E-state index is 10.1. The highest BCUT2D eigenvalue weighted by atomic mass is 35.5. The van der Waals surface area contributed by atoms with Crippen molar-refractivity contribution in [3.63, 3.8) is 0 Å². The number of nitrogens with zero attached hydrogens (tertiary/aromatic N) is 3. The molecule has 0 spiro atoms. The van der Waals surface area contributed by atoms with Gasteiger partial charge >= 0.3 is 0 Å². The number of rotatable bonds is 3. The Morgan fingerprint density at radius 2 is 2.24 bits per heavy atom. The highest BCUT2D eigenvalue weighted by Gasteiger charge is 2.12. The number of pyridine rings is 1. The van der Waals surface area contributed by atoms with Crippen LogP contribution in [0.1, 0.15) is 23.1 Å². The van der Waals surface area contributed by atoms with Crippen molar-refractivity contribution < 1.29 is 5.11 Å². The Morgan fingerprint density at radius 1 is 1.47 bits per heavy atom. The van der Waals surface area contributed by atoms with Crippen molar-refractivity contribution in [1.29, 1.82) is 0 Å². The van der Waals surface area contributed by atoms with Crippen molar-refractivity contribution in [2.45, 2.75) is 19.4 Å². The summed E-state index contributed by atoms with van der Waals surface area (Å²) in [5.74, 6) is 0. The third-order valence-corrected chi connectivity index (χ3v) is 2.86. The molecule has 1 N–H and O–H groups in total. The van der Waals surface area contributed by atoms with E-state index in [9.17, 15) is 5.11 Å². The molecular weight excluding hydrogens is 238 g/mol. The van der Waals surface area contributed by atoms with E-state index in [1.807, 2.05) is 20.0 Å². The lowest BCUT2D eigenvalue weighted by Gasteiger charge is -2.10. The van der Waals surface area contributed by atoms with Crippen LogP contribution in [0.3, 0.4) is 0 Å². The topological polar surface area (TPSA) is 50.9 Å². The first-order valence-corrected chi connectivity index (χ1v) is 5.73. The predicted octanol–water partition coefficient (Wildman–Crippen LogP) is 2.05. The molecule has 2 rings (SSSR count). The molecule has 0 bridgehead atoms. The number of aryl methyl sites for hydroxylation is 2. The van der Waals surface area contributed by atoms with Crippen LogP contribution in [0.15, 0.2) is 24.4 Å². The highest BCUT2D eigenvalue weighted by molar-refractivity contribution is 6.29. The fourth-order valence-electron chi connectivity index (χ4n) is 1.76. The summed E-state index contributed by atoms with van der Waals surface area (Å²) in [7, 11) is 1.87. The minimum Gasteiger partial charge on any atom is -0.388 e. The summed E-state index contributed by atoms with van der Waals surface area (Å²) >= 11 is 5.70. The lowest BCUT2D eigenvalue weighted by atomic mass is 10.1. The standard InChI is InChI=1S/C12H14ClN3O/c1-8-5-10(16(2)15-8)6-11(17)9-3-4-12(13)14-7-9/h3-5,7,11,17H,6H2,1-2H3. The van der Waals surface area contributed by atoms with Gasteiger partial charge in [-0.25, -0.2) is 4.98 Å². The smallest absolute Gasteiger partial charge is 0.129 e. The summed E-state index contributed by atoms with van der Waals surface area (Å²) in [5.41, 5.74) is 2.70. The average molecular weight is 252 g/mol. The van der Waals surface area contributed by atoms with Crippen molar-refractivity contribution in [3.8, 4) is 0 Å². The van der Waals surface area contributed by atoms with E-state index in [4.69, 9.17) is 11.6 Å². The Bertz CT molecular complexity index is 507. The molecule has 0 amide bonds. The summed E-state index contributed by atoms with van der Waals surface area (Å²) < 4.78 is 1.78. The summed E-state index contributed by atoms with van der Waals surface area (Å²) in [6, 6.07) is 5.42. The zero-order chi connectivity index (χ0) is 12.4. The van der Waals surface area contributed by atoms with Gasteiger partial charge < -0.3 is 5.11 Å². The van der Waals surface area contributed by atoms with E-state index in [0.29, 0.717) is 11.6 Å². The van der Waals surface area contributed by atoms with Crippen LogP contribution in [0.5, 0.6) is 0 Å². The molecule has 2 aromatic rings. The molecule has 5 heteroatoms. The molecule has 0 aliphatic carbocycles. The minimum atomic E-state index is -0.588. The third kappa shape index (κ3) is 2.84. The molecule has 17 heavy (non-hydrogen) atoms. The summed E-state index contributed by atoms with van der Waals surface area (Å²) in [4.78, 5) is 3.95. The molecule has 0 fully saturated rings. The van der Waals surface area contributed by atoms with Gasteiger partial charge in [0.05, 0.1) is 11.8 Å². The molecule has 0 aliphatic heterocycles. The Kier molecular flexibility index (Phi) is 3.45. The predicted molar refractivity (Wildman–Crippen MR) is 65.9 cm³/mol. The van der Waals surface area contributed by atoms with Gasteiger partial charge in [-0.1, -0.05) is 17.7 Å². The van der Waals surface area contributed by atoms with Crippen LogP contribution >= 0.6 is 11.6 Å². The first kappa shape index (κ1) is 12.1. The van der Waals surface area contributed by atoms with E-state index in [0.717, 1.165) is 17.0 Å². The van der Waals surface area contributed by atoms with Crippen LogP contribution in [0.25, 0.3) is 0 Å². The fraction of sp³-hybridized carbons (Fsp3) is 0.333. The SMILES string of the molecule is Cc1cc(CC(O)c2ccc(Cl)nc2)n(C)n1. The maximum Gasteiger partial charge on any atom is 0.129 e. The Morgan fingerprint density at radius 3 is 2.76 bits per heavy atom. The van der Waals surface area contributed by atoms with Gasteiger partial charge in [-0.15, -0.1) is 0 Å². The van der Waals surface area contributed by atoms with Crippen LogP contribution in [0.2, 0.25) is 5.15 Å². The van der Waals surface area contributed by atoms with E-state index in [1.165, 1.54) is 0 Å². The molecule has 1 atom stereocenters. The molecule has 90 valence electrons. The molecule has 0 aromatic carbocycles. The minimum absolute atomic E-state index is 0.428. The molecular formula is C12H14ClN3O. The summed E-state index contributed by atoms with van der Waals surface area (Å²) in [5, 5.41) is 14.7. The van der Waals surface area contributed by atoms with Crippen LogP contribution in [-0.2, 0) is 13.5 Å². The molecule has 0 saturated carbocycles. The van der Waals surface area contributed by atoms with E-state index in [-0.39, 0.29) is 0 Å². The second-order valence-corrected chi connectivity index (χ2v) is 4.42. The number of aromatic nitrogens is 3. The van der Waals surface area contributed by atoms with E-state index in [1.54, 1.807) is 23.0 Å². The summed E-state index contributed by atoms with van der Waals surface area (Å²) in [6.45, 7) is 1.93. The second kappa shape index (κ2) is 4.85. The van der Waals surface area contributed by atoms with Crippen molar-refractivity contribution in [2.24, 2.45) is 7.05 Å². The fourth-order valence-corrected chi connectivity index (χ4v) is 1.87. The van der Waals surface area contributed by atoms with Crippen LogP contribution in [0.4, 0.5) is 0 Å². The zero-order valence-corrected chi connectivity index (χ0v) is 10.5. The molecule has 0 aliphatic rings. The van der Waals surface area contributed by atoms with Gasteiger partial charge in [0, 0.05) is 25.4 Å². The van der Waals surface area contributed by atoms with Gasteiger partial charge in [-0.05, 0) is 24.6 Å². The lowest BCUT2D eigenvalue weighted by molar-refractivity contribution is 0.175. The summed E-state index contributed by atoms with van der Waals surface area (Å²) in [6.07, 6.45) is 1.52. The lowest BCUT2D eigenvalue weighted by Crippen LogP contribution is -2.06. The van der Waals surface area contributed by atoms with Crippen molar-refractivity contribution >= 4 is 11.6 Å². The highest BCUT2D eigenvalue weighted by Crippen LogP contribution is 2.18. The van der Waals surface area contributed by atoms with Crippen LogP contribution in [-0.4, -0.2) is 19.9 Å². The van der Waals surface area contributed by atoms with Crippen LogP contribution < -0.4 is 0 Å². The largest absolute Gasteiger partial charge is 0.388 e. The number of hydrogen-bond donors (Lipinski definition) is 1. The quantitative estimate of drug-likeness (QED) is 0.850. The number of hydrogen-bond acceptors (Lipinski definition) is 3. The second-order valence-electron chi connectivity index (χ2n) is 4.03. The Labute approximate surface area is 105 Å². The van der Waals surface area contributed by atoms with Gasteiger partial charge in [0.1, 0.15) is 5.15 Å². The molecule has 2 heterocycles. The van der Waals surface area contributed by atoms with E-state index in [2.05, 4.69) is 10.1 Å². The maximum atomic E-state index is 10.1.